The van der Waals surface area contributed by atoms with Crippen LogP contribution in [0.3, 0.4) is 0 Å². The van der Waals surface area contributed by atoms with Crippen molar-refractivity contribution in [3.8, 4) is 0 Å². The first-order chi connectivity index (χ1) is 10.1. The fraction of sp³-hybridized carbons (Fsp3) is 0.333. The van der Waals surface area contributed by atoms with Gasteiger partial charge in [-0.3, -0.25) is 0 Å². The fourth-order valence-corrected chi connectivity index (χ4v) is 2.14. The molecule has 0 saturated heterocycles. The molecule has 112 valence electrons. The molecule has 0 amide bonds. The first-order valence-corrected chi connectivity index (χ1v) is 6.61. The number of rotatable bonds is 4. The Kier molecular flexibility index (Phi) is 4.94. The maximum atomic E-state index is 11.7. The molecule has 6 nitrogen and oxygen atoms in total. The van der Waals surface area contributed by atoms with Crippen molar-refractivity contribution in [3.05, 3.63) is 41.1 Å². The zero-order valence-corrected chi connectivity index (χ0v) is 12.1. The SMILES string of the molecule is COC(=O)/C=C(/Nc1ccc2c(c1)CCNC2)C(=O)OC. The lowest BCUT2D eigenvalue weighted by Crippen LogP contribution is -2.23. The van der Waals surface area contributed by atoms with Crippen LogP contribution < -0.4 is 10.6 Å². The van der Waals surface area contributed by atoms with E-state index < -0.39 is 11.9 Å². The summed E-state index contributed by atoms with van der Waals surface area (Å²) < 4.78 is 9.19. The maximum absolute atomic E-state index is 11.7. The lowest BCUT2D eigenvalue weighted by atomic mass is 10.0. The molecule has 0 atom stereocenters. The lowest BCUT2D eigenvalue weighted by molar-refractivity contribution is -0.138. The van der Waals surface area contributed by atoms with Crippen molar-refractivity contribution in [2.75, 3.05) is 26.1 Å². The highest BCUT2D eigenvalue weighted by molar-refractivity contribution is 5.98. The molecule has 6 heteroatoms. The van der Waals surface area contributed by atoms with Gasteiger partial charge in [0.15, 0.2) is 0 Å². The number of hydrogen-bond acceptors (Lipinski definition) is 6. The number of ether oxygens (including phenoxy) is 2. The van der Waals surface area contributed by atoms with Gasteiger partial charge in [0.25, 0.3) is 0 Å². The minimum atomic E-state index is -0.625. The van der Waals surface area contributed by atoms with Gasteiger partial charge in [0.05, 0.1) is 20.3 Å². The molecule has 1 aliphatic rings. The Bertz CT molecular complexity index is 581. The van der Waals surface area contributed by atoms with Crippen LogP contribution >= 0.6 is 0 Å². The number of fused-ring (bicyclic) bond motifs is 1. The topological polar surface area (TPSA) is 76.7 Å². The van der Waals surface area contributed by atoms with Crippen LogP contribution in [-0.4, -0.2) is 32.7 Å². The van der Waals surface area contributed by atoms with E-state index in [2.05, 4.69) is 20.1 Å². The van der Waals surface area contributed by atoms with Gasteiger partial charge in [-0.2, -0.15) is 0 Å². The number of hydrogen-bond donors (Lipinski definition) is 2. The van der Waals surface area contributed by atoms with Gasteiger partial charge in [0.2, 0.25) is 0 Å². The minimum Gasteiger partial charge on any atom is -0.466 e. The third-order valence-corrected chi connectivity index (χ3v) is 3.24. The monoisotopic (exact) mass is 290 g/mol. The van der Waals surface area contributed by atoms with E-state index in [0.29, 0.717) is 0 Å². The molecule has 0 spiro atoms. The van der Waals surface area contributed by atoms with Gasteiger partial charge in [-0.05, 0) is 36.2 Å². The molecule has 0 bridgehead atoms. The van der Waals surface area contributed by atoms with Crippen LogP contribution in [0.15, 0.2) is 30.0 Å². The summed E-state index contributed by atoms with van der Waals surface area (Å²) in [6, 6.07) is 5.83. The van der Waals surface area contributed by atoms with E-state index in [0.717, 1.165) is 31.3 Å². The number of carbonyl (C=O) groups excluding carboxylic acids is 2. The highest BCUT2D eigenvalue weighted by Gasteiger charge is 2.14. The summed E-state index contributed by atoms with van der Waals surface area (Å²) in [6.45, 7) is 1.77. The van der Waals surface area contributed by atoms with Crippen molar-refractivity contribution in [2.45, 2.75) is 13.0 Å². The van der Waals surface area contributed by atoms with E-state index in [1.807, 2.05) is 18.2 Å². The molecule has 0 fully saturated rings. The maximum Gasteiger partial charge on any atom is 0.354 e. The number of methoxy groups -OCH3 is 2. The number of benzene rings is 1. The predicted octanol–water partition coefficient (Wildman–Crippen LogP) is 0.974. The normalized spacial score (nSPS) is 14.1. The van der Waals surface area contributed by atoms with Crippen LogP contribution in [0.5, 0.6) is 0 Å². The molecule has 2 rings (SSSR count). The van der Waals surface area contributed by atoms with Crippen LogP contribution in [0, 0.1) is 0 Å². The Hall–Kier alpha value is -2.34. The van der Waals surface area contributed by atoms with E-state index in [4.69, 9.17) is 0 Å². The summed E-state index contributed by atoms with van der Waals surface area (Å²) in [5.74, 6) is -1.25. The van der Waals surface area contributed by atoms with E-state index in [1.54, 1.807) is 0 Å². The molecular formula is C15H18N2O4. The quantitative estimate of drug-likeness (QED) is 0.636. The molecule has 0 saturated carbocycles. The lowest BCUT2D eigenvalue weighted by Gasteiger charge is -2.18. The molecule has 2 N–H and O–H groups in total. The number of carbonyl (C=O) groups is 2. The van der Waals surface area contributed by atoms with Crippen molar-refractivity contribution in [1.82, 2.24) is 5.32 Å². The van der Waals surface area contributed by atoms with E-state index >= 15 is 0 Å². The summed E-state index contributed by atoms with van der Waals surface area (Å²) in [7, 11) is 2.51. The Morgan fingerprint density at radius 1 is 1.24 bits per heavy atom. The summed E-state index contributed by atoms with van der Waals surface area (Å²) in [5, 5.41) is 6.21. The summed E-state index contributed by atoms with van der Waals surface area (Å²) in [6.07, 6.45) is 2.01. The second-order valence-electron chi connectivity index (χ2n) is 4.61. The fourth-order valence-electron chi connectivity index (χ4n) is 2.14. The molecule has 0 unspecified atom stereocenters. The minimum absolute atomic E-state index is 0.0400. The van der Waals surface area contributed by atoms with Crippen LogP contribution in [-0.2, 0) is 32.0 Å². The second kappa shape index (κ2) is 6.90. The molecule has 1 aliphatic heterocycles. The van der Waals surface area contributed by atoms with Crippen LogP contribution in [0.2, 0.25) is 0 Å². The van der Waals surface area contributed by atoms with Gasteiger partial charge in [0, 0.05) is 12.2 Å². The Labute approximate surface area is 123 Å². The average molecular weight is 290 g/mol. The van der Waals surface area contributed by atoms with Crippen LogP contribution in [0.4, 0.5) is 5.69 Å². The van der Waals surface area contributed by atoms with Gasteiger partial charge >= 0.3 is 11.9 Å². The van der Waals surface area contributed by atoms with Gasteiger partial charge in [-0.15, -0.1) is 0 Å². The van der Waals surface area contributed by atoms with E-state index in [1.165, 1.54) is 25.3 Å². The first kappa shape index (κ1) is 15.1. The number of anilines is 1. The zero-order chi connectivity index (χ0) is 15.2. The Morgan fingerprint density at radius 2 is 2.05 bits per heavy atom. The van der Waals surface area contributed by atoms with Crippen LogP contribution in [0.25, 0.3) is 0 Å². The molecule has 0 aromatic heterocycles. The number of esters is 2. The highest BCUT2D eigenvalue weighted by atomic mass is 16.5. The first-order valence-electron chi connectivity index (χ1n) is 6.61. The third kappa shape index (κ3) is 3.82. The molecular weight excluding hydrogens is 272 g/mol. The molecule has 1 aromatic carbocycles. The molecule has 1 heterocycles. The summed E-state index contributed by atoms with van der Waals surface area (Å²) >= 11 is 0. The predicted molar refractivity (Wildman–Crippen MR) is 77.6 cm³/mol. The van der Waals surface area contributed by atoms with Crippen molar-refractivity contribution < 1.29 is 19.1 Å². The molecule has 0 radical (unpaired) electrons. The average Bonchev–Trinajstić information content (AvgIpc) is 2.53. The highest BCUT2D eigenvalue weighted by Crippen LogP contribution is 2.20. The smallest absolute Gasteiger partial charge is 0.354 e. The summed E-state index contributed by atoms with van der Waals surface area (Å²) in [4.78, 5) is 23.0. The molecule has 21 heavy (non-hydrogen) atoms. The van der Waals surface area contributed by atoms with E-state index in [9.17, 15) is 9.59 Å². The Morgan fingerprint density at radius 3 is 2.76 bits per heavy atom. The van der Waals surface area contributed by atoms with Crippen molar-refractivity contribution in [1.29, 1.82) is 0 Å². The van der Waals surface area contributed by atoms with Crippen molar-refractivity contribution in [3.63, 3.8) is 0 Å². The number of nitrogens with one attached hydrogen (secondary N) is 2. The van der Waals surface area contributed by atoms with Crippen LogP contribution in [0.1, 0.15) is 11.1 Å². The summed E-state index contributed by atoms with van der Waals surface area (Å²) in [5.41, 5.74) is 3.24. The Balaban J connectivity index is 2.22. The van der Waals surface area contributed by atoms with E-state index in [-0.39, 0.29) is 5.70 Å². The van der Waals surface area contributed by atoms with Gasteiger partial charge in [-0.25, -0.2) is 9.59 Å². The van der Waals surface area contributed by atoms with Crippen molar-refractivity contribution in [2.24, 2.45) is 0 Å². The zero-order valence-electron chi connectivity index (χ0n) is 12.1. The largest absolute Gasteiger partial charge is 0.466 e. The third-order valence-electron chi connectivity index (χ3n) is 3.24. The van der Waals surface area contributed by atoms with Gasteiger partial charge < -0.3 is 20.1 Å². The molecule has 1 aromatic rings. The standard InChI is InChI=1S/C15H18N2O4/c1-20-14(18)8-13(15(19)21-2)17-12-4-3-11-9-16-6-5-10(11)7-12/h3-4,7-8,16-17H,5-6,9H2,1-2H3/b13-8+. The van der Waals surface area contributed by atoms with Gasteiger partial charge in [0.1, 0.15) is 5.70 Å². The van der Waals surface area contributed by atoms with Gasteiger partial charge in [-0.1, -0.05) is 6.07 Å². The molecule has 0 aliphatic carbocycles. The van der Waals surface area contributed by atoms with Crippen molar-refractivity contribution >= 4 is 17.6 Å². The second-order valence-corrected chi connectivity index (χ2v) is 4.61.